The molecule has 0 aliphatic heterocycles. The van der Waals surface area contributed by atoms with Gasteiger partial charge in [-0.1, -0.05) is 4.52 Å². The van der Waals surface area contributed by atoms with Gasteiger partial charge in [-0.2, -0.15) is 0 Å². The predicted molar refractivity (Wildman–Crippen MR) is 65.8 cm³/mol. The van der Waals surface area contributed by atoms with E-state index in [0.717, 1.165) is 5.69 Å². The van der Waals surface area contributed by atoms with Crippen molar-refractivity contribution in [2.45, 2.75) is 0 Å². The number of hydrogen-bond acceptors (Lipinski definition) is 5. The standard InChI is InChI=1S/C8H11N3O3S.Na.3H2O/c1-11(2)8-5-3-7(4-6-8)9-10-15(12,13)14;;;;/h3-6H,1-2H3,(H,12,13,14);;3*1H2/q;+1;;;/p-1. The van der Waals surface area contributed by atoms with Crippen molar-refractivity contribution < 1.29 is 59.0 Å². The van der Waals surface area contributed by atoms with Crippen LogP contribution < -0.4 is 34.5 Å². The van der Waals surface area contributed by atoms with Crippen LogP contribution in [0.4, 0.5) is 11.4 Å². The fourth-order valence-corrected chi connectivity index (χ4v) is 1.11. The molecule has 0 aliphatic rings. The molecule has 0 fully saturated rings. The van der Waals surface area contributed by atoms with Gasteiger partial charge >= 0.3 is 29.6 Å². The Hall–Kier alpha value is -0.590. The summed E-state index contributed by atoms with van der Waals surface area (Å²) in [5.41, 5.74) is 1.26. The molecule has 0 atom stereocenters. The molecule has 0 amide bonds. The number of rotatable bonds is 3. The van der Waals surface area contributed by atoms with Gasteiger partial charge in [-0.05, 0) is 24.3 Å². The van der Waals surface area contributed by atoms with Crippen molar-refractivity contribution in [3.05, 3.63) is 24.3 Å². The van der Waals surface area contributed by atoms with Crippen LogP contribution in [0.25, 0.3) is 0 Å². The quantitative estimate of drug-likeness (QED) is 0.312. The fourth-order valence-electron chi connectivity index (χ4n) is 0.915. The van der Waals surface area contributed by atoms with Gasteiger partial charge in [0.2, 0.25) is 10.3 Å². The normalized spacial score (nSPS) is 9.42. The van der Waals surface area contributed by atoms with Gasteiger partial charge in [0.15, 0.2) is 0 Å². The molecule has 0 aromatic heterocycles. The number of nitrogens with zero attached hydrogens (tertiary/aromatic N) is 3. The van der Waals surface area contributed by atoms with Crippen LogP contribution in [0.15, 0.2) is 33.9 Å². The van der Waals surface area contributed by atoms with E-state index < -0.39 is 10.3 Å². The first-order valence-electron chi connectivity index (χ1n) is 4.05. The maximum Gasteiger partial charge on any atom is 1.00 e. The van der Waals surface area contributed by atoms with Crippen molar-refractivity contribution in [3.8, 4) is 0 Å². The Labute approximate surface area is 133 Å². The van der Waals surface area contributed by atoms with Gasteiger partial charge in [-0.25, -0.2) is 8.42 Å². The van der Waals surface area contributed by atoms with E-state index in [4.69, 9.17) is 0 Å². The summed E-state index contributed by atoms with van der Waals surface area (Å²) < 4.78 is 33.1. The topological polar surface area (TPSA) is 180 Å². The summed E-state index contributed by atoms with van der Waals surface area (Å²) in [4.78, 5) is 1.88. The maximum atomic E-state index is 10.2. The van der Waals surface area contributed by atoms with E-state index in [2.05, 4.69) is 9.63 Å². The SMILES string of the molecule is CN(C)c1ccc(N=NS(=O)(=O)[O-])cc1.O.O.O.[Na+]. The van der Waals surface area contributed by atoms with Crippen molar-refractivity contribution in [2.24, 2.45) is 9.63 Å². The molecular formula is C8H16N3NaO6S. The van der Waals surface area contributed by atoms with E-state index in [1.165, 1.54) is 0 Å². The third-order valence-electron chi connectivity index (χ3n) is 1.62. The molecule has 1 aromatic carbocycles. The van der Waals surface area contributed by atoms with Crippen LogP contribution >= 0.6 is 0 Å². The average molecular weight is 305 g/mol. The first-order valence-corrected chi connectivity index (χ1v) is 5.41. The Kier molecular flexibility index (Phi) is 15.9. The molecule has 6 N–H and O–H groups in total. The smallest absolute Gasteiger partial charge is 0.728 e. The Balaban J connectivity index is -0.000000281. The van der Waals surface area contributed by atoms with Crippen LogP contribution in [0, 0.1) is 0 Å². The van der Waals surface area contributed by atoms with Crippen molar-refractivity contribution in [1.82, 2.24) is 0 Å². The Morgan fingerprint density at radius 2 is 1.47 bits per heavy atom. The van der Waals surface area contributed by atoms with Gasteiger partial charge in [0.25, 0.3) is 0 Å². The molecule has 0 radical (unpaired) electrons. The van der Waals surface area contributed by atoms with Crippen LogP contribution in [-0.2, 0) is 10.3 Å². The van der Waals surface area contributed by atoms with Gasteiger partial charge in [0, 0.05) is 19.8 Å². The van der Waals surface area contributed by atoms with Crippen molar-refractivity contribution >= 4 is 21.7 Å². The van der Waals surface area contributed by atoms with Crippen molar-refractivity contribution in [2.75, 3.05) is 19.0 Å². The van der Waals surface area contributed by atoms with Gasteiger partial charge in [0.05, 0.1) is 5.69 Å². The minimum atomic E-state index is -4.65. The summed E-state index contributed by atoms with van der Waals surface area (Å²) in [6, 6.07) is 6.63. The van der Waals surface area contributed by atoms with E-state index in [9.17, 15) is 13.0 Å². The molecule has 19 heavy (non-hydrogen) atoms. The Morgan fingerprint density at radius 3 is 1.79 bits per heavy atom. The zero-order valence-corrected chi connectivity index (χ0v) is 13.6. The monoisotopic (exact) mass is 305 g/mol. The number of anilines is 1. The fraction of sp³-hybridized carbons (Fsp3) is 0.250. The minimum absolute atomic E-state index is 0. The molecule has 11 heteroatoms. The summed E-state index contributed by atoms with van der Waals surface area (Å²) in [5.74, 6) is 0. The van der Waals surface area contributed by atoms with E-state index in [0.29, 0.717) is 5.69 Å². The molecule has 9 nitrogen and oxygen atoms in total. The van der Waals surface area contributed by atoms with Crippen molar-refractivity contribution in [3.63, 3.8) is 0 Å². The molecule has 0 heterocycles. The van der Waals surface area contributed by atoms with Gasteiger partial charge in [-0.3, -0.25) is 0 Å². The molecule has 0 saturated carbocycles. The van der Waals surface area contributed by atoms with E-state index >= 15 is 0 Å². The second kappa shape index (κ2) is 11.3. The van der Waals surface area contributed by atoms with Crippen molar-refractivity contribution in [1.29, 1.82) is 0 Å². The Morgan fingerprint density at radius 1 is 1.05 bits per heavy atom. The van der Waals surface area contributed by atoms with Gasteiger partial charge in [-0.15, -0.1) is 5.11 Å². The summed E-state index contributed by atoms with van der Waals surface area (Å²) in [7, 11) is -0.904. The first-order chi connectivity index (χ1) is 6.88. The van der Waals surface area contributed by atoms with Crippen LogP contribution in [0.2, 0.25) is 0 Å². The second-order valence-electron chi connectivity index (χ2n) is 3.02. The minimum Gasteiger partial charge on any atom is -0.728 e. The first kappa shape index (κ1) is 26.9. The summed E-state index contributed by atoms with van der Waals surface area (Å²) in [5, 5.41) is 3.28. The second-order valence-corrected chi connectivity index (χ2v) is 4.04. The van der Waals surface area contributed by atoms with Gasteiger partial charge < -0.3 is 25.9 Å². The van der Waals surface area contributed by atoms with Crippen LogP contribution in [-0.4, -0.2) is 43.5 Å². The zero-order chi connectivity index (χ0) is 11.5. The summed E-state index contributed by atoms with van der Waals surface area (Å²) in [6.07, 6.45) is 0. The van der Waals surface area contributed by atoms with Crippen LogP contribution in [0.3, 0.4) is 0 Å². The number of benzene rings is 1. The summed E-state index contributed by atoms with van der Waals surface area (Å²) in [6.45, 7) is 0. The predicted octanol–water partition coefficient (Wildman–Crippen LogP) is -4.17. The Bertz CT molecular complexity index is 462. The van der Waals surface area contributed by atoms with Gasteiger partial charge in [0.1, 0.15) is 0 Å². The average Bonchev–Trinajstić information content (AvgIpc) is 2.14. The van der Waals surface area contributed by atoms with Crippen LogP contribution in [0.5, 0.6) is 0 Å². The van der Waals surface area contributed by atoms with E-state index in [-0.39, 0.29) is 46.0 Å². The maximum absolute atomic E-state index is 10.2. The number of hydrogen-bond donors (Lipinski definition) is 0. The third-order valence-corrected chi connectivity index (χ3v) is 1.90. The molecule has 1 rings (SSSR count). The molecule has 0 aliphatic carbocycles. The van der Waals surface area contributed by atoms with E-state index in [1.807, 2.05) is 19.0 Å². The van der Waals surface area contributed by atoms with E-state index in [1.54, 1.807) is 24.3 Å². The zero-order valence-electron chi connectivity index (χ0n) is 10.8. The molecule has 0 bridgehead atoms. The molecule has 106 valence electrons. The molecule has 0 saturated heterocycles. The molecule has 0 spiro atoms. The third kappa shape index (κ3) is 11.0. The summed E-state index contributed by atoms with van der Waals surface area (Å²) >= 11 is 0. The molecule has 0 unspecified atom stereocenters. The van der Waals surface area contributed by atoms with Crippen LogP contribution in [0.1, 0.15) is 0 Å². The molecular weight excluding hydrogens is 289 g/mol. The molecule has 1 aromatic rings. The largest absolute Gasteiger partial charge is 1.00 e.